The highest BCUT2D eigenvalue weighted by atomic mass is 32.1. The second kappa shape index (κ2) is 8.81. The molecule has 4 nitrogen and oxygen atoms in total. The van der Waals surface area contributed by atoms with Gasteiger partial charge in [0.15, 0.2) is 5.11 Å². The molecule has 0 amide bonds. The summed E-state index contributed by atoms with van der Waals surface area (Å²) in [4.78, 5) is 15.1. The zero-order valence-corrected chi connectivity index (χ0v) is 15.7. The Hall–Kier alpha value is -2.40. The second-order valence-electron chi connectivity index (χ2n) is 6.43. The van der Waals surface area contributed by atoms with Crippen LogP contribution in [-0.4, -0.2) is 42.2 Å². The molecule has 1 heterocycles. The standard InChI is InChI=1S/C21H24N2O2S/c1-22-21(26)23-14-12-18(13-15-23)25-20(24)19(16-8-4-2-5-9-16)17-10-6-3-7-11-17/h2-11,18-19H,12-15H2,1H3,(H,22,26). The van der Waals surface area contributed by atoms with Crippen LogP contribution in [0.2, 0.25) is 0 Å². The summed E-state index contributed by atoms with van der Waals surface area (Å²) in [5, 5.41) is 3.75. The number of nitrogens with one attached hydrogen (secondary N) is 1. The highest BCUT2D eigenvalue weighted by molar-refractivity contribution is 7.80. The first-order chi connectivity index (χ1) is 12.7. The number of hydrogen-bond acceptors (Lipinski definition) is 3. The number of benzene rings is 2. The summed E-state index contributed by atoms with van der Waals surface area (Å²) in [7, 11) is 1.83. The van der Waals surface area contributed by atoms with Crippen LogP contribution in [0.25, 0.3) is 0 Å². The Balaban J connectivity index is 1.70. The van der Waals surface area contributed by atoms with Gasteiger partial charge in [0.1, 0.15) is 12.0 Å². The smallest absolute Gasteiger partial charge is 0.318 e. The molecule has 0 unspecified atom stereocenters. The number of esters is 1. The van der Waals surface area contributed by atoms with Crippen molar-refractivity contribution in [3.05, 3.63) is 71.8 Å². The first-order valence-corrected chi connectivity index (χ1v) is 9.37. The first-order valence-electron chi connectivity index (χ1n) is 8.96. The van der Waals surface area contributed by atoms with Crippen molar-refractivity contribution in [2.45, 2.75) is 24.9 Å². The van der Waals surface area contributed by atoms with Crippen molar-refractivity contribution in [1.82, 2.24) is 10.2 Å². The lowest BCUT2D eigenvalue weighted by atomic mass is 9.91. The van der Waals surface area contributed by atoms with E-state index in [9.17, 15) is 4.79 Å². The third-order valence-corrected chi connectivity index (χ3v) is 5.19. The molecule has 3 rings (SSSR count). The van der Waals surface area contributed by atoms with Crippen LogP contribution in [0.4, 0.5) is 0 Å². The highest BCUT2D eigenvalue weighted by Gasteiger charge is 2.29. The van der Waals surface area contributed by atoms with E-state index >= 15 is 0 Å². The van der Waals surface area contributed by atoms with Gasteiger partial charge in [0.05, 0.1) is 0 Å². The fraction of sp³-hybridized carbons (Fsp3) is 0.333. The van der Waals surface area contributed by atoms with Crippen LogP contribution < -0.4 is 5.32 Å². The van der Waals surface area contributed by atoms with Gasteiger partial charge in [0.25, 0.3) is 0 Å². The number of ether oxygens (including phenoxy) is 1. The number of carbonyl (C=O) groups is 1. The summed E-state index contributed by atoms with van der Waals surface area (Å²) in [6, 6.07) is 19.6. The maximum atomic E-state index is 13.0. The summed E-state index contributed by atoms with van der Waals surface area (Å²) in [5.74, 6) is -0.578. The molecule has 0 saturated carbocycles. The molecule has 0 atom stereocenters. The van der Waals surface area contributed by atoms with Gasteiger partial charge in [-0.3, -0.25) is 4.79 Å². The Morgan fingerprint density at radius 2 is 1.54 bits per heavy atom. The van der Waals surface area contributed by atoms with Crippen molar-refractivity contribution in [2.24, 2.45) is 0 Å². The van der Waals surface area contributed by atoms with Crippen molar-refractivity contribution < 1.29 is 9.53 Å². The number of carbonyl (C=O) groups excluding carboxylic acids is 1. The molecule has 0 aromatic heterocycles. The van der Waals surface area contributed by atoms with Gasteiger partial charge in [0, 0.05) is 33.0 Å². The quantitative estimate of drug-likeness (QED) is 0.662. The molecule has 0 bridgehead atoms. The second-order valence-corrected chi connectivity index (χ2v) is 6.82. The maximum absolute atomic E-state index is 13.0. The number of piperidine rings is 1. The minimum Gasteiger partial charge on any atom is -0.462 e. The van der Waals surface area contributed by atoms with Crippen LogP contribution in [0.15, 0.2) is 60.7 Å². The molecular weight excluding hydrogens is 344 g/mol. The zero-order chi connectivity index (χ0) is 18.4. The van der Waals surface area contributed by atoms with Crippen LogP contribution >= 0.6 is 12.2 Å². The Morgan fingerprint density at radius 1 is 1.04 bits per heavy atom. The molecule has 2 aromatic rings. The molecule has 0 aliphatic carbocycles. The fourth-order valence-electron chi connectivity index (χ4n) is 3.32. The molecule has 0 spiro atoms. The van der Waals surface area contributed by atoms with Gasteiger partial charge >= 0.3 is 5.97 Å². The first kappa shape index (κ1) is 18.4. The van der Waals surface area contributed by atoms with Gasteiger partial charge in [-0.1, -0.05) is 60.7 Å². The number of likely N-dealkylation sites (tertiary alicyclic amines) is 1. The van der Waals surface area contributed by atoms with Gasteiger partial charge in [-0.05, 0) is 23.3 Å². The van der Waals surface area contributed by atoms with Crippen molar-refractivity contribution >= 4 is 23.3 Å². The van der Waals surface area contributed by atoms with Gasteiger partial charge < -0.3 is 15.0 Å². The van der Waals surface area contributed by atoms with Crippen LogP contribution in [0.1, 0.15) is 29.9 Å². The average Bonchev–Trinajstić information content (AvgIpc) is 2.70. The fourth-order valence-corrected chi connectivity index (χ4v) is 3.51. The van der Waals surface area contributed by atoms with Crippen molar-refractivity contribution in [2.75, 3.05) is 20.1 Å². The Kier molecular flexibility index (Phi) is 6.23. The Morgan fingerprint density at radius 3 is 2.00 bits per heavy atom. The van der Waals surface area contributed by atoms with Crippen LogP contribution in [0.5, 0.6) is 0 Å². The Labute approximate surface area is 160 Å². The van der Waals surface area contributed by atoms with Gasteiger partial charge in [-0.15, -0.1) is 0 Å². The van der Waals surface area contributed by atoms with Crippen LogP contribution in [0, 0.1) is 0 Å². The van der Waals surface area contributed by atoms with E-state index in [-0.39, 0.29) is 12.1 Å². The molecule has 1 aliphatic rings. The summed E-state index contributed by atoms with van der Waals surface area (Å²) >= 11 is 5.28. The lowest BCUT2D eigenvalue weighted by molar-refractivity contribution is -0.151. The van der Waals surface area contributed by atoms with E-state index < -0.39 is 5.92 Å². The SMILES string of the molecule is CNC(=S)N1CCC(OC(=O)C(c2ccccc2)c2ccccc2)CC1. The van der Waals surface area contributed by atoms with Gasteiger partial charge in [-0.2, -0.15) is 0 Å². The normalized spacial score (nSPS) is 14.9. The van der Waals surface area contributed by atoms with Crippen LogP contribution in [0.3, 0.4) is 0 Å². The van der Waals surface area contributed by atoms with E-state index in [1.54, 1.807) is 0 Å². The van der Waals surface area contributed by atoms with Crippen LogP contribution in [-0.2, 0) is 9.53 Å². The maximum Gasteiger partial charge on any atom is 0.318 e. The van der Waals surface area contributed by atoms with Gasteiger partial charge in [0.2, 0.25) is 0 Å². The molecule has 26 heavy (non-hydrogen) atoms. The molecular formula is C21H24N2O2S. The molecule has 0 radical (unpaired) electrons. The minimum absolute atomic E-state index is 0.0617. The third-order valence-electron chi connectivity index (χ3n) is 4.73. The largest absolute Gasteiger partial charge is 0.462 e. The summed E-state index contributed by atoms with van der Waals surface area (Å²) < 4.78 is 5.89. The van der Waals surface area contributed by atoms with Crippen molar-refractivity contribution in [3.63, 3.8) is 0 Å². The predicted molar refractivity (Wildman–Crippen MR) is 107 cm³/mol. The lowest BCUT2D eigenvalue weighted by Gasteiger charge is -2.33. The average molecular weight is 369 g/mol. The lowest BCUT2D eigenvalue weighted by Crippen LogP contribution is -2.45. The highest BCUT2D eigenvalue weighted by Crippen LogP contribution is 2.27. The number of hydrogen-bond donors (Lipinski definition) is 1. The van der Waals surface area contributed by atoms with E-state index in [4.69, 9.17) is 17.0 Å². The monoisotopic (exact) mass is 368 g/mol. The van der Waals surface area contributed by atoms with Crippen molar-refractivity contribution in [1.29, 1.82) is 0 Å². The molecule has 5 heteroatoms. The van der Waals surface area contributed by atoms with E-state index in [1.807, 2.05) is 67.7 Å². The topological polar surface area (TPSA) is 41.6 Å². The number of rotatable bonds is 4. The Bertz CT molecular complexity index is 689. The zero-order valence-electron chi connectivity index (χ0n) is 14.9. The molecule has 136 valence electrons. The summed E-state index contributed by atoms with van der Waals surface area (Å²) in [6.45, 7) is 1.61. The molecule has 2 aromatic carbocycles. The van der Waals surface area contributed by atoms with Crippen molar-refractivity contribution in [3.8, 4) is 0 Å². The molecule has 1 saturated heterocycles. The molecule has 1 N–H and O–H groups in total. The molecule has 1 aliphatic heterocycles. The number of thiocarbonyl (C=S) groups is 1. The number of nitrogens with zero attached hydrogens (tertiary/aromatic N) is 1. The van der Waals surface area contributed by atoms with E-state index in [0.29, 0.717) is 0 Å². The van der Waals surface area contributed by atoms with E-state index in [2.05, 4.69) is 10.2 Å². The summed E-state index contributed by atoms with van der Waals surface area (Å²) in [6.07, 6.45) is 1.53. The predicted octanol–water partition coefficient (Wildman–Crippen LogP) is 3.33. The van der Waals surface area contributed by atoms with Gasteiger partial charge in [-0.25, -0.2) is 0 Å². The third kappa shape index (κ3) is 4.41. The van der Waals surface area contributed by atoms with E-state index in [0.717, 1.165) is 42.2 Å². The van der Waals surface area contributed by atoms with E-state index in [1.165, 1.54) is 0 Å². The summed E-state index contributed by atoms with van der Waals surface area (Å²) in [5.41, 5.74) is 1.91. The minimum atomic E-state index is -0.395. The molecule has 1 fully saturated rings.